The first-order valence-electron chi connectivity index (χ1n) is 9.67. The summed E-state index contributed by atoms with van der Waals surface area (Å²) in [5.74, 6) is 0.379. The Bertz CT molecular complexity index is 713. The molecule has 27 heavy (non-hydrogen) atoms. The van der Waals surface area contributed by atoms with Crippen molar-refractivity contribution < 1.29 is 18.3 Å². The van der Waals surface area contributed by atoms with E-state index >= 15 is 0 Å². The highest BCUT2D eigenvalue weighted by atomic mass is 32.2. The van der Waals surface area contributed by atoms with Gasteiger partial charge < -0.3 is 10.4 Å². The number of sulfonamides is 1. The van der Waals surface area contributed by atoms with Crippen LogP contribution in [0.3, 0.4) is 0 Å². The number of rotatable bonds is 11. The van der Waals surface area contributed by atoms with E-state index in [0.717, 1.165) is 6.42 Å². The maximum atomic E-state index is 12.8. The van der Waals surface area contributed by atoms with E-state index in [-0.39, 0.29) is 23.3 Å². The van der Waals surface area contributed by atoms with Crippen molar-refractivity contribution in [1.29, 1.82) is 0 Å². The second kappa shape index (κ2) is 10.8. The lowest BCUT2D eigenvalue weighted by Crippen LogP contribution is -2.32. The Balaban J connectivity index is 3.00. The van der Waals surface area contributed by atoms with Crippen molar-refractivity contribution in [2.45, 2.75) is 52.4 Å². The molecule has 0 aliphatic heterocycles. The van der Waals surface area contributed by atoms with Crippen LogP contribution in [0.4, 0.5) is 0 Å². The molecule has 0 spiro atoms. The van der Waals surface area contributed by atoms with Crippen molar-refractivity contribution in [3.8, 4) is 0 Å². The molecule has 1 aromatic carbocycles. The van der Waals surface area contributed by atoms with Gasteiger partial charge in [0.05, 0.1) is 4.90 Å². The fourth-order valence-corrected chi connectivity index (χ4v) is 4.92. The van der Waals surface area contributed by atoms with E-state index in [1.165, 1.54) is 10.4 Å². The highest BCUT2D eigenvalue weighted by molar-refractivity contribution is 7.89. The van der Waals surface area contributed by atoms with Crippen molar-refractivity contribution in [3.05, 3.63) is 29.3 Å². The molecule has 0 aliphatic carbocycles. The van der Waals surface area contributed by atoms with E-state index in [4.69, 9.17) is 0 Å². The number of hydrogen-bond acceptors (Lipinski definition) is 4. The fraction of sp³-hybridized carbons (Fsp3) is 0.650. The zero-order valence-electron chi connectivity index (χ0n) is 17.2. The largest absolute Gasteiger partial charge is 0.396 e. The lowest BCUT2D eigenvalue weighted by molar-refractivity contribution is 0.0941. The number of amides is 1. The Morgan fingerprint density at radius 1 is 1.22 bits per heavy atom. The van der Waals surface area contributed by atoms with Gasteiger partial charge in [-0.2, -0.15) is 4.31 Å². The molecule has 6 nitrogen and oxygen atoms in total. The van der Waals surface area contributed by atoms with Crippen molar-refractivity contribution in [3.63, 3.8) is 0 Å². The molecule has 2 N–H and O–H groups in total. The third kappa shape index (κ3) is 6.59. The number of nitrogens with one attached hydrogen (secondary N) is 1. The number of aryl methyl sites for hydroxylation is 1. The number of aliphatic hydroxyl groups is 1. The van der Waals surface area contributed by atoms with Crippen LogP contribution in [-0.4, -0.2) is 50.0 Å². The van der Waals surface area contributed by atoms with Crippen LogP contribution in [0.25, 0.3) is 0 Å². The maximum Gasteiger partial charge on any atom is 0.251 e. The quantitative estimate of drug-likeness (QED) is 0.600. The third-order valence-corrected chi connectivity index (χ3v) is 6.86. The summed E-state index contributed by atoms with van der Waals surface area (Å²) in [5.41, 5.74) is 0.954. The first-order chi connectivity index (χ1) is 12.7. The summed E-state index contributed by atoms with van der Waals surface area (Å²) in [6.45, 7) is 10.9. The van der Waals surface area contributed by atoms with Crippen LogP contribution in [0.15, 0.2) is 23.1 Å². The number of carbonyl (C=O) groups excluding carboxylic acids is 1. The molecule has 0 saturated carbocycles. The van der Waals surface area contributed by atoms with Crippen molar-refractivity contribution >= 4 is 15.9 Å². The fourth-order valence-electron chi connectivity index (χ4n) is 3.21. The minimum atomic E-state index is -3.62. The Kier molecular flexibility index (Phi) is 9.42. The third-order valence-electron chi connectivity index (χ3n) is 4.67. The van der Waals surface area contributed by atoms with E-state index in [2.05, 4.69) is 19.2 Å². The van der Waals surface area contributed by atoms with Crippen LogP contribution in [-0.2, 0) is 10.0 Å². The monoisotopic (exact) mass is 398 g/mol. The molecule has 7 heteroatoms. The zero-order chi connectivity index (χ0) is 20.6. The Morgan fingerprint density at radius 3 is 2.37 bits per heavy atom. The smallest absolute Gasteiger partial charge is 0.251 e. The molecule has 0 fully saturated rings. The lowest BCUT2D eigenvalue weighted by atomic mass is 9.94. The van der Waals surface area contributed by atoms with Crippen LogP contribution >= 0.6 is 0 Å². The van der Waals surface area contributed by atoms with Gasteiger partial charge in [-0.05, 0) is 49.3 Å². The Morgan fingerprint density at radius 2 is 1.85 bits per heavy atom. The van der Waals surface area contributed by atoms with Gasteiger partial charge in [0.25, 0.3) is 5.91 Å². The standard InChI is InChI=1S/C20H34N2O4S/c1-6-22(7-2)27(25,26)19-13-18(9-8-16(19)5)20(24)21-14-17(10-11-23)12-15(3)4/h8-9,13,15,17,23H,6-7,10-12,14H2,1-5H3,(H,21,24)/t17-/m0/s1. The second-order valence-corrected chi connectivity index (χ2v) is 9.19. The topological polar surface area (TPSA) is 86.7 Å². The number of nitrogens with zero attached hydrogens (tertiary/aromatic N) is 1. The molecule has 1 amide bonds. The summed E-state index contributed by atoms with van der Waals surface area (Å²) >= 11 is 0. The highest BCUT2D eigenvalue weighted by Crippen LogP contribution is 2.21. The average molecular weight is 399 g/mol. The van der Waals surface area contributed by atoms with Gasteiger partial charge in [-0.3, -0.25) is 4.79 Å². The molecule has 1 aromatic rings. The van der Waals surface area contributed by atoms with Gasteiger partial charge in [0.1, 0.15) is 0 Å². The number of benzene rings is 1. The Hall–Kier alpha value is -1.44. The highest BCUT2D eigenvalue weighted by Gasteiger charge is 2.24. The zero-order valence-corrected chi connectivity index (χ0v) is 18.0. The van der Waals surface area contributed by atoms with Crippen LogP contribution < -0.4 is 5.32 Å². The van der Waals surface area contributed by atoms with Crippen LogP contribution in [0.2, 0.25) is 0 Å². The van der Waals surface area contributed by atoms with Crippen LogP contribution in [0, 0.1) is 18.8 Å². The summed E-state index contributed by atoms with van der Waals surface area (Å²) in [6, 6.07) is 4.78. The molecule has 0 radical (unpaired) electrons. The molecular weight excluding hydrogens is 364 g/mol. The van der Waals surface area contributed by atoms with Gasteiger partial charge in [0.2, 0.25) is 10.0 Å². The van der Waals surface area contributed by atoms with Gasteiger partial charge in [0, 0.05) is 31.8 Å². The summed E-state index contributed by atoms with van der Waals surface area (Å²) in [5, 5.41) is 12.1. The van der Waals surface area contributed by atoms with E-state index in [1.54, 1.807) is 32.9 Å². The molecule has 1 rings (SSSR count). The Labute approximate surface area is 164 Å². The van der Waals surface area contributed by atoms with E-state index < -0.39 is 10.0 Å². The lowest BCUT2D eigenvalue weighted by Gasteiger charge is -2.21. The minimum Gasteiger partial charge on any atom is -0.396 e. The van der Waals surface area contributed by atoms with Gasteiger partial charge in [-0.15, -0.1) is 0 Å². The van der Waals surface area contributed by atoms with Gasteiger partial charge >= 0.3 is 0 Å². The van der Waals surface area contributed by atoms with Crippen molar-refractivity contribution in [2.24, 2.45) is 11.8 Å². The number of hydrogen-bond donors (Lipinski definition) is 2. The molecule has 1 atom stereocenters. The van der Waals surface area contributed by atoms with Gasteiger partial charge in [0.15, 0.2) is 0 Å². The van der Waals surface area contributed by atoms with Crippen molar-refractivity contribution in [1.82, 2.24) is 9.62 Å². The average Bonchev–Trinajstić information content (AvgIpc) is 2.60. The van der Waals surface area contributed by atoms with Crippen LogP contribution in [0.1, 0.15) is 56.5 Å². The minimum absolute atomic E-state index is 0.0874. The van der Waals surface area contributed by atoms with E-state index in [1.807, 2.05) is 0 Å². The SMILES string of the molecule is CCN(CC)S(=O)(=O)c1cc(C(=O)NC[C@@H](CCO)CC(C)C)ccc1C. The predicted molar refractivity (Wildman–Crippen MR) is 108 cm³/mol. The molecule has 0 heterocycles. The molecular formula is C20H34N2O4S. The molecule has 0 aliphatic rings. The molecule has 0 saturated heterocycles. The summed E-state index contributed by atoms with van der Waals surface area (Å²) < 4.78 is 27.0. The summed E-state index contributed by atoms with van der Waals surface area (Å²) in [6.07, 6.45) is 1.55. The molecule has 0 bridgehead atoms. The molecule has 0 unspecified atom stereocenters. The van der Waals surface area contributed by atoms with Gasteiger partial charge in [-0.1, -0.05) is 33.8 Å². The van der Waals surface area contributed by atoms with E-state index in [0.29, 0.717) is 43.1 Å². The van der Waals surface area contributed by atoms with E-state index in [9.17, 15) is 18.3 Å². The number of carbonyl (C=O) groups is 1. The van der Waals surface area contributed by atoms with Crippen molar-refractivity contribution in [2.75, 3.05) is 26.2 Å². The normalized spacial score (nSPS) is 13.2. The summed E-state index contributed by atoms with van der Waals surface area (Å²) in [7, 11) is -3.62. The number of aliphatic hydroxyl groups excluding tert-OH is 1. The predicted octanol–water partition coefficient (Wildman–Crippen LogP) is 2.80. The second-order valence-electron chi connectivity index (χ2n) is 7.29. The van der Waals surface area contributed by atoms with Gasteiger partial charge in [-0.25, -0.2) is 8.42 Å². The molecule has 0 aromatic heterocycles. The maximum absolute atomic E-state index is 12.8. The first kappa shape index (κ1) is 23.6. The first-order valence-corrected chi connectivity index (χ1v) is 11.1. The molecule has 154 valence electrons. The summed E-state index contributed by atoms with van der Waals surface area (Å²) in [4.78, 5) is 12.7. The van der Waals surface area contributed by atoms with Crippen LogP contribution in [0.5, 0.6) is 0 Å².